The molecule has 3 aromatic rings. The highest BCUT2D eigenvalue weighted by Gasteiger charge is 2.09. The van der Waals surface area contributed by atoms with Crippen LogP contribution in [0.15, 0.2) is 42.5 Å². The van der Waals surface area contributed by atoms with Crippen LogP contribution in [0.1, 0.15) is 21.7 Å². The quantitative estimate of drug-likeness (QED) is 0.752. The molecular weight excluding hydrogens is 280 g/mol. The van der Waals surface area contributed by atoms with E-state index in [0.717, 1.165) is 28.2 Å². The maximum Gasteiger partial charge on any atom is 0.337 e. The predicted molar refractivity (Wildman–Crippen MR) is 83.2 cm³/mol. The Balaban J connectivity index is 1.86. The molecule has 0 saturated carbocycles. The van der Waals surface area contributed by atoms with Crippen LogP contribution in [0.25, 0.3) is 11.0 Å². The summed E-state index contributed by atoms with van der Waals surface area (Å²) in [5, 5.41) is 0. The molecule has 0 amide bonds. The predicted octanol–water partition coefficient (Wildman–Crippen LogP) is 2.95. The molecule has 0 atom stereocenters. The van der Waals surface area contributed by atoms with E-state index in [1.54, 1.807) is 19.2 Å². The first-order valence-corrected chi connectivity index (χ1v) is 6.89. The Bertz CT molecular complexity index is 806. The number of nitrogens with zero attached hydrogens (tertiary/aromatic N) is 1. The van der Waals surface area contributed by atoms with Crippen LogP contribution in [0.3, 0.4) is 0 Å². The van der Waals surface area contributed by atoms with Crippen molar-refractivity contribution in [2.75, 3.05) is 14.2 Å². The fourth-order valence-electron chi connectivity index (χ4n) is 2.33. The van der Waals surface area contributed by atoms with Gasteiger partial charge < -0.3 is 14.5 Å². The van der Waals surface area contributed by atoms with Crippen LogP contribution >= 0.6 is 0 Å². The van der Waals surface area contributed by atoms with Gasteiger partial charge in [-0.05, 0) is 35.9 Å². The number of imidazole rings is 1. The topological polar surface area (TPSA) is 64.2 Å². The molecule has 0 bridgehead atoms. The smallest absolute Gasteiger partial charge is 0.337 e. The lowest BCUT2D eigenvalue weighted by Gasteiger charge is -2.01. The van der Waals surface area contributed by atoms with Gasteiger partial charge in [0.1, 0.15) is 11.6 Å². The van der Waals surface area contributed by atoms with Gasteiger partial charge in [-0.25, -0.2) is 9.78 Å². The van der Waals surface area contributed by atoms with Gasteiger partial charge in [0.25, 0.3) is 0 Å². The number of fused-ring (bicyclic) bond motifs is 1. The summed E-state index contributed by atoms with van der Waals surface area (Å²) in [6.45, 7) is 0. The molecule has 1 N–H and O–H groups in total. The van der Waals surface area contributed by atoms with E-state index in [1.165, 1.54) is 7.11 Å². The second-order valence-corrected chi connectivity index (χ2v) is 4.93. The Morgan fingerprint density at radius 3 is 2.59 bits per heavy atom. The lowest BCUT2D eigenvalue weighted by atomic mass is 10.1. The summed E-state index contributed by atoms with van der Waals surface area (Å²) in [5.74, 6) is 1.33. The normalized spacial score (nSPS) is 10.6. The molecule has 22 heavy (non-hydrogen) atoms. The molecule has 112 valence electrons. The van der Waals surface area contributed by atoms with Gasteiger partial charge in [-0.2, -0.15) is 0 Å². The maximum absolute atomic E-state index is 11.5. The van der Waals surface area contributed by atoms with Crippen LogP contribution in [0.4, 0.5) is 0 Å². The molecule has 0 radical (unpaired) electrons. The first kappa shape index (κ1) is 14.1. The summed E-state index contributed by atoms with van der Waals surface area (Å²) in [6.07, 6.45) is 0.687. The summed E-state index contributed by atoms with van der Waals surface area (Å²) < 4.78 is 9.87. The molecule has 0 aliphatic carbocycles. The van der Waals surface area contributed by atoms with Crippen molar-refractivity contribution in [2.45, 2.75) is 6.42 Å². The number of rotatable bonds is 4. The number of carbonyl (C=O) groups is 1. The van der Waals surface area contributed by atoms with Crippen molar-refractivity contribution in [1.29, 1.82) is 0 Å². The molecule has 0 unspecified atom stereocenters. The van der Waals surface area contributed by atoms with E-state index >= 15 is 0 Å². The third kappa shape index (κ3) is 2.79. The standard InChI is InChI=1S/C17H16N2O3/c1-21-13-6-3-11(4-7-13)9-16-18-14-8-5-12(17(20)22-2)10-15(14)19-16/h3-8,10H,9H2,1-2H3,(H,18,19). The zero-order valence-corrected chi connectivity index (χ0v) is 12.4. The number of benzene rings is 2. The summed E-state index contributed by atoms with van der Waals surface area (Å²) in [4.78, 5) is 19.3. The van der Waals surface area contributed by atoms with Crippen LogP contribution in [0.5, 0.6) is 5.75 Å². The van der Waals surface area contributed by atoms with Crippen LogP contribution in [-0.4, -0.2) is 30.2 Å². The van der Waals surface area contributed by atoms with Gasteiger partial charge in [-0.15, -0.1) is 0 Å². The summed E-state index contributed by atoms with van der Waals surface area (Å²) in [7, 11) is 3.02. The Hall–Kier alpha value is -2.82. The summed E-state index contributed by atoms with van der Waals surface area (Å²) in [6, 6.07) is 13.1. The van der Waals surface area contributed by atoms with Crippen LogP contribution < -0.4 is 4.74 Å². The number of H-pyrrole nitrogens is 1. The van der Waals surface area contributed by atoms with Gasteiger partial charge in [0.2, 0.25) is 0 Å². The lowest BCUT2D eigenvalue weighted by Crippen LogP contribution is -2.00. The first-order chi connectivity index (χ1) is 10.7. The van der Waals surface area contributed by atoms with Crippen LogP contribution in [0, 0.1) is 0 Å². The van der Waals surface area contributed by atoms with Crippen molar-refractivity contribution in [2.24, 2.45) is 0 Å². The third-order valence-electron chi connectivity index (χ3n) is 3.48. The average Bonchev–Trinajstić information content (AvgIpc) is 2.96. The monoisotopic (exact) mass is 296 g/mol. The SMILES string of the molecule is COC(=O)c1ccc2nc(Cc3ccc(OC)cc3)[nH]c2c1. The molecule has 0 aliphatic heterocycles. The van der Waals surface area contributed by atoms with E-state index in [0.29, 0.717) is 12.0 Å². The third-order valence-corrected chi connectivity index (χ3v) is 3.48. The number of hydrogen-bond acceptors (Lipinski definition) is 4. The maximum atomic E-state index is 11.5. The molecule has 2 aromatic carbocycles. The summed E-state index contributed by atoms with van der Waals surface area (Å²) >= 11 is 0. The highest BCUT2D eigenvalue weighted by molar-refractivity contribution is 5.93. The van der Waals surface area contributed by atoms with Crippen molar-refractivity contribution in [1.82, 2.24) is 9.97 Å². The number of carbonyl (C=O) groups excluding carboxylic acids is 1. The number of nitrogens with one attached hydrogen (secondary N) is 1. The van der Waals surface area contributed by atoms with E-state index in [9.17, 15) is 4.79 Å². The number of aromatic nitrogens is 2. The van der Waals surface area contributed by atoms with Crippen molar-refractivity contribution >= 4 is 17.0 Å². The second kappa shape index (κ2) is 5.89. The minimum atomic E-state index is -0.354. The van der Waals surface area contributed by atoms with Crippen LogP contribution in [-0.2, 0) is 11.2 Å². The minimum absolute atomic E-state index is 0.354. The minimum Gasteiger partial charge on any atom is -0.497 e. The molecule has 0 aliphatic rings. The number of ether oxygens (including phenoxy) is 2. The number of methoxy groups -OCH3 is 2. The van der Waals surface area contributed by atoms with Gasteiger partial charge in [0.15, 0.2) is 0 Å². The van der Waals surface area contributed by atoms with Crippen molar-refractivity contribution in [3.05, 3.63) is 59.4 Å². The highest BCUT2D eigenvalue weighted by atomic mass is 16.5. The first-order valence-electron chi connectivity index (χ1n) is 6.89. The summed E-state index contributed by atoms with van der Waals surface area (Å²) in [5.41, 5.74) is 3.30. The van der Waals surface area contributed by atoms with E-state index in [-0.39, 0.29) is 5.97 Å². The largest absolute Gasteiger partial charge is 0.497 e. The van der Waals surface area contributed by atoms with E-state index in [2.05, 4.69) is 9.97 Å². The number of hydrogen-bond donors (Lipinski definition) is 1. The van der Waals surface area contributed by atoms with E-state index < -0.39 is 0 Å². The molecule has 0 spiro atoms. The Morgan fingerprint density at radius 1 is 1.14 bits per heavy atom. The zero-order chi connectivity index (χ0) is 15.5. The van der Waals surface area contributed by atoms with Gasteiger partial charge >= 0.3 is 5.97 Å². The average molecular weight is 296 g/mol. The van der Waals surface area contributed by atoms with Gasteiger partial charge in [-0.1, -0.05) is 12.1 Å². The molecule has 5 heteroatoms. The number of esters is 1. The van der Waals surface area contributed by atoms with Gasteiger partial charge in [0.05, 0.1) is 30.8 Å². The fourth-order valence-corrected chi connectivity index (χ4v) is 2.33. The Morgan fingerprint density at radius 2 is 1.91 bits per heavy atom. The molecular formula is C17H16N2O3. The molecule has 0 saturated heterocycles. The molecule has 1 aromatic heterocycles. The fraction of sp³-hybridized carbons (Fsp3) is 0.176. The lowest BCUT2D eigenvalue weighted by molar-refractivity contribution is 0.0601. The molecule has 3 rings (SSSR count). The van der Waals surface area contributed by atoms with Crippen molar-refractivity contribution in [3.8, 4) is 5.75 Å². The Kier molecular flexibility index (Phi) is 3.78. The van der Waals surface area contributed by atoms with Crippen molar-refractivity contribution in [3.63, 3.8) is 0 Å². The molecule has 1 heterocycles. The van der Waals surface area contributed by atoms with E-state index in [4.69, 9.17) is 9.47 Å². The van der Waals surface area contributed by atoms with Crippen LogP contribution in [0.2, 0.25) is 0 Å². The molecule has 0 fully saturated rings. The van der Waals surface area contributed by atoms with Gasteiger partial charge in [-0.3, -0.25) is 0 Å². The van der Waals surface area contributed by atoms with Crippen molar-refractivity contribution < 1.29 is 14.3 Å². The zero-order valence-electron chi connectivity index (χ0n) is 12.4. The van der Waals surface area contributed by atoms with E-state index in [1.807, 2.05) is 30.3 Å². The molecule has 5 nitrogen and oxygen atoms in total. The highest BCUT2D eigenvalue weighted by Crippen LogP contribution is 2.18. The second-order valence-electron chi connectivity index (χ2n) is 4.93. The number of aromatic amines is 1. The van der Waals surface area contributed by atoms with Gasteiger partial charge in [0, 0.05) is 6.42 Å². The Labute approximate surface area is 127 Å².